The second-order valence-electron chi connectivity index (χ2n) is 5.12. The summed E-state index contributed by atoms with van der Waals surface area (Å²) in [6.07, 6.45) is -0.616. The molecule has 0 fully saturated rings. The third-order valence-electron chi connectivity index (χ3n) is 3.20. The number of ketones is 1. The summed E-state index contributed by atoms with van der Waals surface area (Å²) in [5.74, 6) is -0.0817. The van der Waals surface area contributed by atoms with Gasteiger partial charge in [-0.2, -0.15) is 0 Å². The Hall–Kier alpha value is -0.940. The second-order valence-corrected chi connectivity index (χ2v) is 5.56. The Labute approximate surface area is 125 Å². The molecule has 0 saturated heterocycles. The zero-order valence-corrected chi connectivity index (χ0v) is 12.9. The van der Waals surface area contributed by atoms with E-state index in [9.17, 15) is 9.90 Å². The minimum atomic E-state index is -0.616. The van der Waals surface area contributed by atoms with Crippen LogP contribution in [0.25, 0.3) is 0 Å². The zero-order chi connectivity index (χ0) is 15.1. The van der Waals surface area contributed by atoms with E-state index in [1.807, 2.05) is 26.0 Å². The largest absolute Gasteiger partial charge is 0.377 e. The number of hydrogen-bond acceptors (Lipinski definition) is 4. The van der Waals surface area contributed by atoms with Gasteiger partial charge in [0.15, 0.2) is 0 Å². The van der Waals surface area contributed by atoms with Crippen LogP contribution in [-0.4, -0.2) is 37.3 Å². The fourth-order valence-corrected chi connectivity index (χ4v) is 2.07. The van der Waals surface area contributed by atoms with E-state index < -0.39 is 6.23 Å². The number of likely N-dealkylation sites (N-methyl/N-ethyl adjacent to an activating group) is 1. The maximum atomic E-state index is 12.3. The van der Waals surface area contributed by atoms with Gasteiger partial charge in [0.25, 0.3) is 0 Å². The van der Waals surface area contributed by atoms with Gasteiger partial charge in [0.1, 0.15) is 12.0 Å². The Morgan fingerprint density at radius 1 is 1.25 bits per heavy atom. The van der Waals surface area contributed by atoms with E-state index in [0.29, 0.717) is 18.1 Å². The van der Waals surface area contributed by atoms with Gasteiger partial charge in [-0.15, -0.1) is 0 Å². The summed E-state index contributed by atoms with van der Waals surface area (Å²) in [5.41, 5.74) is 0.944. The van der Waals surface area contributed by atoms with Gasteiger partial charge in [0.2, 0.25) is 0 Å². The van der Waals surface area contributed by atoms with Crippen LogP contribution in [0.1, 0.15) is 25.3 Å². The van der Waals surface area contributed by atoms with Crippen LogP contribution < -0.4 is 10.6 Å². The average Bonchev–Trinajstić information content (AvgIpc) is 2.43. The third-order valence-corrected chi connectivity index (χ3v) is 3.46. The first-order valence-electron chi connectivity index (χ1n) is 6.81. The molecule has 0 aliphatic rings. The van der Waals surface area contributed by atoms with Gasteiger partial charge in [0, 0.05) is 24.0 Å². The van der Waals surface area contributed by atoms with Crippen LogP contribution in [0.4, 0.5) is 0 Å². The number of carbonyl (C=O) groups is 1. The van der Waals surface area contributed by atoms with Crippen LogP contribution in [0.2, 0.25) is 5.02 Å². The van der Waals surface area contributed by atoms with E-state index in [2.05, 4.69) is 10.6 Å². The molecular weight excluding hydrogens is 276 g/mol. The molecule has 1 rings (SSSR count). The molecule has 20 heavy (non-hydrogen) atoms. The summed E-state index contributed by atoms with van der Waals surface area (Å²) in [6.45, 7) is 4.69. The molecule has 5 heteroatoms. The molecule has 0 radical (unpaired) electrons. The first kappa shape index (κ1) is 17.1. The van der Waals surface area contributed by atoms with Crippen LogP contribution in [0.3, 0.4) is 0 Å². The van der Waals surface area contributed by atoms with Gasteiger partial charge in [-0.05, 0) is 24.7 Å². The van der Waals surface area contributed by atoms with Gasteiger partial charge in [-0.3, -0.25) is 10.1 Å². The number of hydrogen-bond donors (Lipinski definition) is 3. The van der Waals surface area contributed by atoms with Crippen molar-refractivity contribution in [1.29, 1.82) is 0 Å². The lowest BCUT2D eigenvalue weighted by Crippen LogP contribution is -2.39. The van der Waals surface area contributed by atoms with Crippen molar-refractivity contribution in [1.82, 2.24) is 10.6 Å². The first-order valence-corrected chi connectivity index (χ1v) is 7.18. The lowest BCUT2D eigenvalue weighted by atomic mass is 9.89. The normalized spacial score (nSPS) is 14.3. The summed E-state index contributed by atoms with van der Waals surface area (Å²) in [7, 11) is 1.68. The number of carbonyl (C=O) groups excluding carboxylic acids is 1. The van der Waals surface area contributed by atoms with Crippen LogP contribution in [0, 0.1) is 5.92 Å². The first-order chi connectivity index (χ1) is 9.45. The van der Waals surface area contributed by atoms with Crippen molar-refractivity contribution in [3.63, 3.8) is 0 Å². The topological polar surface area (TPSA) is 61.4 Å². The average molecular weight is 299 g/mol. The highest BCUT2D eigenvalue weighted by molar-refractivity contribution is 6.30. The zero-order valence-electron chi connectivity index (χ0n) is 12.2. The molecule has 1 aromatic rings. The van der Waals surface area contributed by atoms with Crippen molar-refractivity contribution < 1.29 is 9.90 Å². The standard InChI is InChI=1S/C15H23ClN2O2/c1-10(2)15(20)13(8-18-9-14(19)17-3)11-4-6-12(16)7-5-11/h4-7,10,13-14,17-19H,8-9H2,1-3H3/t13-,14?/m1/s1. The SMILES string of the molecule is CNC(O)CNC[C@@H](C(=O)C(C)C)c1ccc(Cl)cc1. The number of halogens is 1. The Morgan fingerprint density at radius 3 is 2.35 bits per heavy atom. The molecule has 0 heterocycles. The van der Waals surface area contributed by atoms with Crippen LogP contribution in [0.15, 0.2) is 24.3 Å². The van der Waals surface area contributed by atoms with Gasteiger partial charge < -0.3 is 10.4 Å². The molecule has 0 aromatic heterocycles. The van der Waals surface area contributed by atoms with Crippen molar-refractivity contribution in [2.75, 3.05) is 20.1 Å². The Morgan fingerprint density at radius 2 is 1.85 bits per heavy atom. The number of benzene rings is 1. The van der Waals surface area contributed by atoms with Crippen LogP contribution in [0.5, 0.6) is 0 Å². The minimum Gasteiger partial charge on any atom is -0.377 e. The van der Waals surface area contributed by atoms with Gasteiger partial charge in [-0.25, -0.2) is 0 Å². The van der Waals surface area contributed by atoms with Crippen LogP contribution >= 0.6 is 11.6 Å². The molecule has 1 aromatic carbocycles. The van der Waals surface area contributed by atoms with E-state index >= 15 is 0 Å². The molecule has 4 nitrogen and oxygen atoms in total. The maximum absolute atomic E-state index is 12.3. The van der Waals surface area contributed by atoms with Gasteiger partial charge >= 0.3 is 0 Å². The summed E-state index contributed by atoms with van der Waals surface area (Å²) in [4.78, 5) is 12.3. The summed E-state index contributed by atoms with van der Waals surface area (Å²) >= 11 is 5.88. The minimum absolute atomic E-state index is 0.0355. The van der Waals surface area contributed by atoms with E-state index in [1.165, 1.54) is 0 Å². The van der Waals surface area contributed by atoms with E-state index in [0.717, 1.165) is 5.56 Å². The Kier molecular flexibility index (Phi) is 7.16. The smallest absolute Gasteiger partial charge is 0.144 e. The number of aliphatic hydroxyl groups is 1. The summed E-state index contributed by atoms with van der Waals surface area (Å²) in [5, 5.41) is 16.0. The lowest BCUT2D eigenvalue weighted by Gasteiger charge is -2.20. The highest BCUT2D eigenvalue weighted by atomic mass is 35.5. The van der Waals surface area contributed by atoms with Gasteiger partial charge in [-0.1, -0.05) is 37.6 Å². The lowest BCUT2D eigenvalue weighted by molar-refractivity contribution is -0.123. The number of Topliss-reactive ketones (excluding diaryl/α,β-unsaturated/α-hetero) is 1. The molecule has 112 valence electrons. The van der Waals surface area contributed by atoms with E-state index in [-0.39, 0.29) is 17.6 Å². The molecule has 3 N–H and O–H groups in total. The monoisotopic (exact) mass is 298 g/mol. The van der Waals surface area contributed by atoms with Crippen molar-refractivity contribution in [2.45, 2.75) is 26.0 Å². The quantitative estimate of drug-likeness (QED) is 0.640. The Bertz CT molecular complexity index is 420. The highest BCUT2D eigenvalue weighted by Gasteiger charge is 2.22. The third kappa shape index (κ3) is 5.21. The Balaban J connectivity index is 2.75. The number of aliphatic hydroxyl groups excluding tert-OH is 1. The highest BCUT2D eigenvalue weighted by Crippen LogP contribution is 2.22. The maximum Gasteiger partial charge on any atom is 0.144 e. The molecule has 2 atom stereocenters. The summed E-state index contributed by atoms with van der Waals surface area (Å²) < 4.78 is 0. The molecule has 0 aliphatic heterocycles. The molecule has 1 unspecified atom stereocenters. The van der Waals surface area contributed by atoms with Crippen molar-refractivity contribution in [3.8, 4) is 0 Å². The molecule has 0 bridgehead atoms. The predicted molar refractivity (Wildman–Crippen MR) is 82.0 cm³/mol. The molecule has 0 spiro atoms. The van der Waals surface area contributed by atoms with E-state index in [1.54, 1.807) is 19.2 Å². The number of rotatable bonds is 8. The fraction of sp³-hybridized carbons (Fsp3) is 0.533. The summed E-state index contributed by atoms with van der Waals surface area (Å²) in [6, 6.07) is 7.34. The van der Waals surface area contributed by atoms with Gasteiger partial charge in [0.05, 0.1) is 5.92 Å². The van der Waals surface area contributed by atoms with Crippen molar-refractivity contribution >= 4 is 17.4 Å². The van der Waals surface area contributed by atoms with Crippen LogP contribution in [-0.2, 0) is 4.79 Å². The van der Waals surface area contributed by atoms with E-state index in [4.69, 9.17) is 11.6 Å². The fourth-order valence-electron chi connectivity index (χ4n) is 1.95. The molecular formula is C15H23ClN2O2. The van der Waals surface area contributed by atoms with Crippen molar-refractivity contribution in [2.24, 2.45) is 5.92 Å². The second kappa shape index (κ2) is 8.37. The number of nitrogens with one attached hydrogen (secondary N) is 2. The van der Waals surface area contributed by atoms with Crippen molar-refractivity contribution in [3.05, 3.63) is 34.9 Å². The molecule has 0 amide bonds. The molecule has 0 aliphatic carbocycles. The molecule has 0 saturated carbocycles. The predicted octanol–water partition coefficient (Wildman–Crippen LogP) is 1.78.